The zero-order valence-corrected chi connectivity index (χ0v) is 13.4. The fourth-order valence-electron chi connectivity index (χ4n) is 2.71. The Bertz CT molecular complexity index is 558. The van der Waals surface area contributed by atoms with E-state index in [-0.39, 0.29) is 0 Å². The van der Waals surface area contributed by atoms with Gasteiger partial charge in [-0.25, -0.2) is 4.98 Å². The highest BCUT2D eigenvalue weighted by Crippen LogP contribution is 2.25. The maximum Gasteiger partial charge on any atom is 0.119 e. The van der Waals surface area contributed by atoms with Gasteiger partial charge in [-0.3, -0.25) is 4.90 Å². The van der Waals surface area contributed by atoms with Gasteiger partial charge in [-0.05, 0) is 57.1 Å². The van der Waals surface area contributed by atoms with Crippen LogP contribution in [0, 0.1) is 0 Å². The zero-order valence-electron chi connectivity index (χ0n) is 12.5. The molecule has 4 heteroatoms. The van der Waals surface area contributed by atoms with E-state index >= 15 is 0 Å². The summed E-state index contributed by atoms with van der Waals surface area (Å²) in [4.78, 5) is 7.30. The van der Waals surface area contributed by atoms with Crippen molar-refractivity contribution in [3.05, 3.63) is 34.7 Å². The van der Waals surface area contributed by atoms with Crippen LogP contribution in [0.4, 0.5) is 0 Å². The van der Waals surface area contributed by atoms with Crippen LogP contribution in [0.1, 0.15) is 31.2 Å². The Morgan fingerprint density at radius 2 is 1.90 bits per heavy atom. The average molecular weight is 302 g/mol. The zero-order chi connectivity index (χ0) is 14.5. The fourth-order valence-corrected chi connectivity index (χ4v) is 3.56. The summed E-state index contributed by atoms with van der Waals surface area (Å²) in [7, 11) is 0. The lowest BCUT2D eigenvalue weighted by atomic mass is 10.1. The van der Waals surface area contributed by atoms with Crippen LogP contribution < -0.4 is 4.74 Å². The molecule has 3 rings (SSSR count). The lowest BCUT2D eigenvalue weighted by molar-refractivity contribution is 0.220. The molecule has 1 aromatic heterocycles. The number of ether oxygens (including phenoxy) is 1. The summed E-state index contributed by atoms with van der Waals surface area (Å²) >= 11 is 1.77. The van der Waals surface area contributed by atoms with Gasteiger partial charge in [0.25, 0.3) is 0 Å². The van der Waals surface area contributed by atoms with E-state index in [0.29, 0.717) is 6.61 Å². The van der Waals surface area contributed by atoms with Crippen LogP contribution in [0.25, 0.3) is 11.3 Å². The predicted molar refractivity (Wildman–Crippen MR) is 87.8 cm³/mol. The first kappa shape index (κ1) is 14.5. The minimum atomic E-state index is 0.704. The number of likely N-dealkylation sites (tertiary alicyclic amines) is 1. The van der Waals surface area contributed by atoms with Crippen LogP contribution in [0.2, 0.25) is 0 Å². The topological polar surface area (TPSA) is 25.4 Å². The van der Waals surface area contributed by atoms with Crippen molar-refractivity contribution in [1.82, 2.24) is 9.88 Å². The van der Waals surface area contributed by atoms with Crippen molar-refractivity contribution in [2.45, 2.75) is 32.7 Å². The largest absolute Gasteiger partial charge is 0.494 e. The summed E-state index contributed by atoms with van der Waals surface area (Å²) in [5.74, 6) is 0.921. The molecule has 21 heavy (non-hydrogen) atoms. The first-order valence-corrected chi connectivity index (χ1v) is 8.63. The Morgan fingerprint density at radius 3 is 2.62 bits per heavy atom. The van der Waals surface area contributed by atoms with Crippen LogP contribution in [0.15, 0.2) is 29.6 Å². The Balaban J connectivity index is 1.66. The molecule has 1 aliphatic heterocycles. The Hall–Kier alpha value is -1.39. The molecule has 0 saturated carbocycles. The molecule has 112 valence electrons. The van der Waals surface area contributed by atoms with Gasteiger partial charge in [0.2, 0.25) is 0 Å². The molecule has 0 amide bonds. The van der Waals surface area contributed by atoms with Crippen LogP contribution in [-0.2, 0) is 6.54 Å². The van der Waals surface area contributed by atoms with E-state index in [9.17, 15) is 0 Å². The van der Waals surface area contributed by atoms with Crippen LogP contribution in [0.5, 0.6) is 5.75 Å². The van der Waals surface area contributed by atoms with Gasteiger partial charge >= 0.3 is 0 Å². The number of hydrogen-bond donors (Lipinski definition) is 0. The minimum absolute atomic E-state index is 0.704. The first-order valence-electron chi connectivity index (χ1n) is 7.75. The van der Waals surface area contributed by atoms with Crippen molar-refractivity contribution in [3.63, 3.8) is 0 Å². The third-order valence-electron chi connectivity index (χ3n) is 3.82. The molecule has 2 heterocycles. The van der Waals surface area contributed by atoms with E-state index in [1.165, 1.54) is 42.9 Å². The molecule has 1 aromatic carbocycles. The van der Waals surface area contributed by atoms with Crippen molar-refractivity contribution in [1.29, 1.82) is 0 Å². The van der Waals surface area contributed by atoms with Crippen molar-refractivity contribution in [2.24, 2.45) is 0 Å². The Kier molecular flexibility index (Phi) is 4.88. The van der Waals surface area contributed by atoms with Crippen molar-refractivity contribution in [3.8, 4) is 17.0 Å². The summed E-state index contributed by atoms with van der Waals surface area (Å²) in [6.07, 6.45) is 4.04. The van der Waals surface area contributed by atoms with Gasteiger partial charge in [0.1, 0.15) is 10.8 Å². The highest BCUT2D eigenvalue weighted by molar-refractivity contribution is 7.09. The third kappa shape index (κ3) is 3.83. The van der Waals surface area contributed by atoms with Crippen LogP contribution >= 0.6 is 11.3 Å². The van der Waals surface area contributed by atoms with E-state index in [1.54, 1.807) is 11.3 Å². The standard InChI is InChI=1S/C17H22N2OS/c1-2-20-15-8-6-14(7-9-15)16-13-21-17(18-16)12-19-10-4-3-5-11-19/h6-9,13H,2-5,10-12H2,1H3. The number of benzene rings is 1. The molecule has 3 nitrogen and oxygen atoms in total. The number of thiazole rings is 1. The van der Waals surface area contributed by atoms with E-state index in [1.807, 2.05) is 19.1 Å². The van der Waals surface area contributed by atoms with Gasteiger partial charge in [0.05, 0.1) is 18.8 Å². The van der Waals surface area contributed by atoms with Gasteiger partial charge in [-0.1, -0.05) is 6.42 Å². The van der Waals surface area contributed by atoms with Gasteiger partial charge in [-0.15, -0.1) is 11.3 Å². The van der Waals surface area contributed by atoms with E-state index in [4.69, 9.17) is 9.72 Å². The lowest BCUT2D eigenvalue weighted by Crippen LogP contribution is -2.28. The van der Waals surface area contributed by atoms with E-state index in [2.05, 4.69) is 22.4 Å². The molecule has 0 aliphatic carbocycles. The maximum atomic E-state index is 5.48. The normalized spacial score (nSPS) is 16.0. The first-order chi connectivity index (χ1) is 10.3. The Morgan fingerprint density at radius 1 is 1.14 bits per heavy atom. The fraction of sp³-hybridized carbons (Fsp3) is 0.471. The molecule has 1 saturated heterocycles. The monoisotopic (exact) mass is 302 g/mol. The molecular weight excluding hydrogens is 280 g/mol. The maximum absolute atomic E-state index is 5.48. The van der Waals surface area contributed by atoms with E-state index in [0.717, 1.165) is 18.0 Å². The lowest BCUT2D eigenvalue weighted by Gasteiger charge is -2.25. The molecule has 0 N–H and O–H groups in total. The Labute approximate surface area is 130 Å². The highest BCUT2D eigenvalue weighted by atomic mass is 32.1. The van der Waals surface area contributed by atoms with Crippen molar-refractivity contribution in [2.75, 3.05) is 19.7 Å². The average Bonchev–Trinajstić information content (AvgIpc) is 2.98. The third-order valence-corrected chi connectivity index (χ3v) is 4.65. The molecule has 0 unspecified atom stereocenters. The van der Waals surface area contributed by atoms with Gasteiger partial charge < -0.3 is 4.74 Å². The van der Waals surface area contributed by atoms with Crippen LogP contribution in [-0.4, -0.2) is 29.6 Å². The molecule has 0 spiro atoms. The smallest absolute Gasteiger partial charge is 0.119 e. The molecule has 0 bridgehead atoms. The summed E-state index contributed by atoms with van der Waals surface area (Å²) in [6, 6.07) is 8.21. The second-order valence-electron chi connectivity index (χ2n) is 5.42. The summed E-state index contributed by atoms with van der Waals surface area (Å²) < 4.78 is 5.48. The molecule has 2 aromatic rings. The van der Waals surface area contributed by atoms with Crippen molar-refractivity contribution >= 4 is 11.3 Å². The molecule has 1 aliphatic rings. The molecule has 0 radical (unpaired) electrons. The van der Waals surface area contributed by atoms with Gasteiger partial charge in [-0.2, -0.15) is 0 Å². The molecule has 0 atom stereocenters. The minimum Gasteiger partial charge on any atom is -0.494 e. The number of rotatable bonds is 5. The van der Waals surface area contributed by atoms with Gasteiger partial charge in [0, 0.05) is 10.9 Å². The van der Waals surface area contributed by atoms with Gasteiger partial charge in [0.15, 0.2) is 0 Å². The summed E-state index contributed by atoms with van der Waals surface area (Å²) in [5, 5.41) is 3.38. The molecular formula is C17H22N2OS. The quantitative estimate of drug-likeness (QED) is 0.828. The number of nitrogens with zero attached hydrogens (tertiary/aromatic N) is 2. The van der Waals surface area contributed by atoms with Crippen molar-refractivity contribution < 1.29 is 4.74 Å². The summed E-state index contributed by atoms with van der Waals surface area (Å²) in [6.45, 7) is 6.15. The SMILES string of the molecule is CCOc1ccc(-c2csc(CN3CCCCC3)n2)cc1. The van der Waals surface area contributed by atoms with E-state index < -0.39 is 0 Å². The summed E-state index contributed by atoms with van der Waals surface area (Å²) in [5.41, 5.74) is 2.25. The number of piperidine rings is 1. The number of aromatic nitrogens is 1. The highest BCUT2D eigenvalue weighted by Gasteiger charge is 2.13. The molecule has 1 fully saturated rings. The predicted octanol–water partition coefficient (Wildman–Crippen LogP) is 4.19. The second-order valence-corrected chi connectivity index (χ2v) is 6.36. The number of hydrogen-bond acceptors (Lipinski definition) is 4. The second kappa shape index (κ2) is 7.05. The van der Waals surface area contributed by atoms with Crippen LogP contribution in [0.3, 0.4) is 0 Å².